The molecule has 118 valence electrons. The van der Waals surface area contributed by atoms with Gasteiger partial charge in [0, 0.05) is 16.4 Å². The van der Waals surface area contributed by atoms with E-state index in [0.717, 1.165) is 22.1 Å². The summed E-state index contributed by atoms with van der Waals surface area (Å²) >= 11 is 0. The number of carbonyl (C=O) groups excluding carboxylic acids is 1. The molecule has 2 nitrogen and oxygen atoms in total. The second-order valence-electron chi connectivity index (χ2n) is 6.65. The van der Waals surface area contributed by atoms with Crippen LogP contribution in [0, 0.1) is 6.92 Å². The first-order chi connectivity index (χ1) is 10.4. The summed E-state index contributed by atoms with van der Waals surface area (Å²) in [5.74, 6) is 0.610. The van der Waals surface area contributed by atoms with Crippen LogP contribution in [0.2, 0.25) is 0 Å². The molecule has 0 unspecified atom stereocenters. The summed E-state index contributed by atoms with van der Waals surface area (Å²) in [6, 6.07) is 10.2. The Balaban J connectivity index is 0.000000396. The van der Waals surface area contributed by atoms with Crippen LogP contribution in [-0.4, -0.2) is 5.97 Å². The van der Waals surface area contributed by atoms with E-state index in [-0.39, 0.29) is 11.4 Å². The molecule has 0 spiro atoms. The number of hydrogen-bond acceptors (Lipinski definition) is 2. The zero-order valence-electron chi connectivity index (χ0n) is 14.3. The molecule has 0 radical (unpaired) electrons. The number of unbranched alkanes of at least 4 members (excludes halogenated alkanes) is 1. The fraction of sp³-hybridized carbons (Fsp3) is 0.450. The smallest absolute Gasteiger partial charge is 0.312 e. The maximum atomic E-state index is 11.7. The molecule has 0 bridgehead atoms. The third kappa shape index (κ3) is 3.16. The lowest BCUT2D eigenvalue weighted by atomic mass is 9.78. The van der Waals surface area contributed by atoms with Crippen LogP contribution in [0.3, 0.4) is 0 Å². The minimum atomic E-state index is -0.153. The average Bonchev–Trinajstić information content (AvgIpc) is 2.48. The Kier molecular flexibility index (Phi) is 4.90. The quantitative estimate of drug-likeness (QED) is 0.510. The van der Waals surface area contributed by atoms with Crippen molar-refractivity contribution in [2.45, 2.75) is 59.3 Å². The van der Waals surface area contributed by atoms with E-state index in [2.05, 4.69) is 46.8 Å². The SMILES string of the molecule is CCCC.Cc1cc2c(c3ccccc13)OC(=O)CC2(C)C. The highest BCUT2D eigenvalue weighted by molar-refractivity contribution is 5.95. The van der Waals surface area contributed by atoms with Gasteiger partial charge in [0.05, 0.1) is 6.42 Å². The Hall–Kier alpha value is -1.83. The Morgan fingerprint density at radius 2 is 1.68 bits per heavy atom. The van der Waals surface area contributed by atoms with Crippen LogP contribution in [0.4, 0.5) is 0 Å². The second kappa shape index (κ2) is 6.51. The third-order valence-electron chi connectivity index (χ3n) is 4.23. The zero-order chi connectivity index (χ0) is 16.3. The van der Waals surface area contributed by atoms with Crippen LogP contribution in [-0.2, 0) is 10.2 Å². The fourth-order valence-electron chi connectivity index (χ4n) is 2.75. The number of hydrogen-bond donors (Lipinski definition) is 0. The topological polar surface area (TPSA) is 26.3 Å². The molecule has 0 fully saturated rings. The van der Waals surface area contributed by atoms with Crippen molar-refractivity contribution in [1.29, 1.82) is 0 Å². The monoisotopic (exact) mass is 298 g/mol. The molecule has 2 aromatic rings. The molecule has 1 aliphatic rings. The van der Waals surface area contributed by atoms with E-state index in [1.165, 1.54) is 18.4 Å². The Morgan fingerprint density at radius 1 is 1.09 bits per heavy atom. The molecular weight excluding hydrogens is 272 g/mol. The summed E-state index contributed by atoms with van der Waals surface area (Å²) in [6.07, 6.45) is 3.08. The van der Waals surface area contributed by atoms with Crippen LogP contribution in [0.15, 0.2) is 30.3 Å². The van der Waals surface area contributed by atoms with Gasteiger partial charge in [0.25, 0.3) is 0 Å². The van der Waals surface area contributed by atoms with Crippen molar-refractivity contribution >= 4 is 16.7 Å². The van der Waals surface area contributed by atoms with Crippen LogP contribution < -0.4 is 4.74 Å². The van der Waals surface area contributed by atoms with Crippen LogP contribution >= 0.6 is 0 Å². The van der Waals surface area contributed by atoms with Gasteiger partial charge in [0.1, 0.15) is 5.75 Å². The molecule has 0 aromatic heterocycles. The van der Waals surface area contributed by atoms with Crippen molar-refractivity contribution in [2.75, 3.05) is 0 Å². The van der Waals surface area contributed by atoms with E-state index in [1.807, 2.05) is 18.2 Å². The number of aryl methyl sites for hydroxylation is 1. The summed E-state index contributed by atoms with van der Waals surface area (Å²) < 4.78 is 5.50. The number of carbonyl (C=O) groups is 1. The lowest BCUT2D eigenvalue weighted by Crippen LogP contribution is -2.30. The molecule has 0 atom stereocenters. The Morgan fingerprint density at radius 3 is 2.27 bits per heavy atom. The van der Waals surface area contributed by atoms with Crippen molar-refractivity contribution in [3.8, 4) is 5.75 Å². The second-order valence-corrected chi connectivity index (χ2v) is 6.65. The van der Waals surface area contributed by atoms with Gasteiger partial charge < -0.3 is 4.74 Å². The molecule has 0 N–H and O–H groups in total. The highest BCUT2D eigenvalue weighted by Crippen LogP contribution is 2.43. The molecule has 0 amide bonds. The van der Waals surface area contributed by atoms with E-state index in [1.54, 1.807) is 0 Å². The first-order valence-electron chi connectivity index (χ1n) is 8.14. The van der Waals surface area contributed by atoms with Crippen molar-refractivity contribution in [3.63, 3.8) is 0 Å². The fourth-order valence-corrected chi connectivity index (χ4v) is 2.75. The van der Waals surface area contributed by atoms with Crippen molar-refractivity contribution < 1.29 is 9.53 Å². The lowest BCUT2D eigenvalue weighted by molar-refractivity contribution is -0.136. The standard InChI is InChI=1S/C16H16O2.C4H10/c1-10-8-13-15(12-7-5-4-6-11(10)12)18-14(17)9-16(13,2)3;1-3-4-2/h4-8H,9H2,1-3H3;3-4H2,1-2H3. The van der Waals surface area contributed by atoms with Gasteiger partial charge in [0.2, 0.25) is 0 Å². The van der Waals surface area contributed by atoms with Crippen LogP contribution in [0.5, 0.6) is 5.75 Å². The molecule has 0 aliphatic carbocycles. The number of rotatable bonds is 1. The van der Waals surface area contributed by atoms with E-state index in [9.17, 15) is 4.79 Å². The number of ether oxygens (including phenoxy) is 1. The molecule has 2 heteroatoms. The van der Waals surface area contributed by atoms with E-state index in [4.69, 9.17) is 4.74 Å². The molecule has 22 heavy (non-hydrogen) atoms. The first kappa shape index (κ1) is 16.5. The molecule has 1 aliphatic heterocycles. The number of benzene rings is 2. The zero-order valence-corrected chi connectivity index (χ0v) is 14.3. The predicted molar refractivity (Wildman–Crippen MR) is 92.5 cm³/mol. The minimum absolute atomic E-state index is 0.137. The van der Waals surface area contributed by atoms with Crippen molar-refractivity contribution in [1.82, 2.24) is 0 Å². The van der Waals surface area contributed by atoms with Gasteiger partial charge >= 0.3 is 5.97 Å². The van der Waals surface area contributed by atoms with E-state index >= 15 is 0 Å². The summed E-state index contributed by atoms with van der Waals surface area (Å²) in [5, 5.41) is 2.19. The molecule has 1 heterocycles. The normalized spacial score (nSPS) is 15.6. The average molecular weight is 298 g/mol. The third-order valence-corrected chi connectivity index (χ3v) is 4.23. The highest BCUT2D eigenvalue weighted by atomic mass is 16.5. The summed E-state index contributed by atoms with van der Waals surface area (Å²) in [5.41, 5.74) is 2.22. The van der Waals surface area contributed by atoms with E-state index in [0.29, 0.717) is 6.42 Å². The molecule has 2 aromatic carbocycles. The first-order valence-corrected chi connectivity index (χ1v) is 8.14. The summed E-state index contributed by atoms with van der Waals surface area (Å²) in [6.45, 7) is 10.7. The Bertz CT molecular complexity index is 681. The molecule has 0 saturated heterocycles. The highest BCUT2D eigenvalue weighted by Gasteiger charge is 2.35. The largest absolute Gasteiger partial charge is 0.426 e. The van der Waals surface area contributed by atoms with Gasteiger partial charge in [0.15, 0.2) is 0 Å². The maximum Gasteiger partial charge on any atom is 0.312 e. The lowest BCUT2D eigenvalue weighted by Gasteiger charge is -2.32. The van der Waals surface area contributed by atoms with Gasteiger partial charge in [-0.2, -0.15) is 0 Å². The summed E-state index contributed by atoms with van der Waals surface area (Å²) in [7, 11) is 0. The van der Waals surface area contributed by atoms with Gasteiger partial charge in [-0.3, -0.25) is 4.79 Å². The Labute approximate surface area is 133 Å². The van der Waals surface area contributed by atoms with Crippen LogP contribution in [0.25, 0.3) is 10.8 Å². The van der Waals surface area contributed by atoms with Gasteiger partial charge in [-0.1, -0.05) is 70.9 Å². The van der Waals surface area contributed by atoms with Crippen molar-refractivity contribution in [2.24, 2.45) is 0 Å². The number of esters is 1. The predicted octanol–water partition coefficient (Wildman–Crippen LogP) is 5.54. The minimum Gasteiger partial charge on any atom is -0.426 e. The van der Waals surface area contributed by atoms with Gasteiger partial charge in [-0.25, -0.2) is 0 Å². The number of fused-ring (bicyclic) bond motifs is 3. The van der Waals surface area contributed by atoms with Crippen molar-refractivity contribution in [3.05, 3.63) is 41.5 Å². The van der Waals surface area contributed by atoms with Gasteiger partial charge in [-0.15, -0.1) is 0 Å². The molecule has 0 saturated carbocycles. The molecular formula is C20H26O2. The van der Waals surface area contributed by atoms with Crippen LogP contribution in [0.1, 0.15) is 58.1 Å². The summed E-state index contributed by atoms with van der Waals surface area (Å²) in [4.78, 5) is 11.7. The maximum absolute atomic E-state index is 11.7. The van der Waals surface area contributed by atoms with Gasteiger partial charge in [-0.05, 0) is 17.9 Å². The van der Waals surface area contributed by atoms with E-state index < -0.39 is 0 Å². The molecule has 3 rings (SSSR count).